The minimum absolute atomic E-state index is 0.0186. The molecule has 3 atom stereocenters. The molecule has 0 aliphatic rings. The maximum atomic E-state index is 11.9. The van der Waals surface area contributed by atoms with Crippen LogP contribution >= 0.6 is 0 Å². The SMILES string of the molecule is CC[C@H](C)C([C@@H](CC)OC)N(C)C(=O)CNC=O. The molecule has 2 amide bonds. The number of hydrogen-bond acceptors (Lipinski definition) is 3. The summed E-state index contributed by atoms with van der Waals surface area (Å²) in [5.41, 5.74) is 0. The molecule has 0 fully saturated rings. The van der Waals surface area contributed by atoms with Gasteiger partial charge in [-0.05, 0) is 12.3 Å². The van der Waals surface area contributed by atoms with Gasteiger partial charge in [-0.3, -0.25) is 9.59 Å². The highest BCUT2D eigenvalue weighted by molar-refractivity contribution is 5.80. The zero-order valence-corrected chi connectivity index (χ0v) is 12.1. The average molecular weight is 258 g/mol. The predicted octanol–water partition coefficient (Wildman–Crippen LogP) is 1.03. The van der Waals surface area contributed by atoms with Gasteiger partial charge >= 0.3 is 0 Å². The summed E-state index contributed by atoms with van der Waals surface area (Å²) in [6, 6.07) is 0.0333. The molecule has 0 spiro atoms. The third-order valence-electron chi connectivity index (χ3n) is 3.49. The molecule has 5 nitrogen and oxygen atoms in total. The van der Waals surface area contributed by atoms with Crippen LogP contribution < -0.4 is 5.32 Å². The van der Waals surface area contributed by atoms with Crippen LogP contribution in [0.3, 0.4) is 0 Å². The average Bonchev–Trinajstić information content (AvgIpc) is 2.40. The fraction of sp³-hybridized carbons (Fsp3) is 0.846. The number of nitrogens with one attached hydrogen (secondary N) is 1. The van der Waals surface area contributed by atoms with Crippen LogP contribution in [0.15, 0.2) is 0 Å². The number of carbonyl (C=O) groups is 2. The summed E-state index contributed by atoms with van der Waals surface area (Å²) in [6.07, 6.45) is 2.38. The first-order chi connectivity index (χ1) is 8.53. The molecule has 0 aliphatic heterocycles. The number of hydrogen-bond donors (Lipinski definition) is 1. The normalized spacial score (nSPS) is 15.6. The van der Waals surface area contributed by atoms with E-state index in [9.17, 15) is 9.59 Å². The van der Waals surface area contributed by atoms with Gasteiger partial charge in [0.05, 0.1) is 18.7 Å². The van der Waals surface area contributed by atoms with Crippen molar-refractivity contribution in [3.8, 4) is 0 Å². The first-order valence-electron chi connectivity index (χ1n) is 6.48. The van der Waals surface area contributed by atoms with Crippen LogP contribution in [0, 0.1) is 5.92 Å². The maximum Gasteiger partial charge on any atom is 0.242 e. The first kappa shape index (κ1) is 16.9. The van der Waals surface area contributed by atoms with Gasteiger partial charge in [-0.1, -0.05) is 27.2 Å². The highest BCUT2D eigenvalue weighted by Crippen LogP contribution is 2.21. The molecule has 0 saturated carbocycles. The Hall–Kier alpha value is -1.10. The topological polar surface area (TPSA) is 58.6 Å². The Bertz CT molecular complexity index is 255. The molecule has 0 aromatic rings. The molecule has 5 heteroatoms. The van der Waals surface area contributed by atoms with E-state index in [1.807, 2.05) is 6.92 Å². The quantitative estimate of drug-likeness (QED) is 0.628. The number of amides is 2. The molecule has 0 radical (unpaired) electrons. The molecule has 0 bridgehead atoms. The second-order valence-corrected chi connectivity index (χ2v) is 4.56. The van der Waals surface area contributed by atoms with Crippen molar-refractivity contribution in [3.63, 3.8) is 0 Å². The Kier molecular flexibility index (Phi) is 8.37. The fourth-order valence-electron chi connectivity index (χ4n) is 2.21. The summed E-state index contributed by atoms with van der Waals surface area (Å²) in [6.45, 7) is 6.30. The maximum absolute atomic E-state index is 11.9. The van der Waals surface area contributed by atoms with Crippen LogP contribution in [0.2, 0.25) is 0 Å². The molecule has 0 heterocycles. The largest absolute Gasteiger partial charge is 0.379 e. The molecule has 0 saturated heterocycles. The van der Waals surface area contributed by atoms with Crippen molar-refractivity contribution in [2.75, 3.05) is 20.7 Å². The van der Waals surface area contributed by atoms with Crippen molar-refractivity contribution < 1.29 is 14.3 Å². The Morgan fingerprint density at radius 3 is 2.39 bits per heavy atom. The summed E-state index contributed by atoms with van der Waals surface area (Å²) in [5.74, 6) is 0.253. The van der Waals surface area contributed by atoms with Crippen molar-refractivity contribution in [2.45, 2.75) is 45.8 Å². The molecular formula is C13H26N2O3. The molecule has 0 aliphatic carbocycles. The van der Waals surface area contributed by atoms with E-state index in [1.165, 1.54) is 0 Å². The van der Waals surface area contributed by atoms with Gasteiger partial charge < -0.3 is 15.0 Å². The van der Waals surface area contributed by atoms with Gasteiger partial charge in [0.2, 0.25) is 12.3 Å². The van der Waals surface area contributed by atoms with E-state index in [2.05, 4.69) is 19.2 Å². The van der Waals surface area contributed by atoms with Gasteiger partial charge in [0.1, 0.15) is 0 Å². The lowest BCUT2D eigenvalue weighted by atomic mass is 9.91. The van der Waals surface area contributed by atoms with Gasteiger partial charge in [-0.25, -0.2) is 0 Å². The number of ether oxygens (including phenoxy) is 1. The molecule has 106 valence electrons. The molecule has 1 unspecified atom stereocenters. The van der Waals surface area contributed by atoms with Crippen molar-refractivity contribution in [1.29, 1.82) is 0 Å². The second kappa shape index (κ2) is 8.91. The van der Waals surface area contributed by atoms with Crippen LogP contribution in [0.25, 0.3) is 0 Å². The zero-order chi connectivity index (χ0) is 14.1. The summed E-state index contributed by atoms with van der Waals surface area (Å²) < 4.78 is 5.48. The summed E-state index contributed by atoms with van der Waals surface area (Å²) >= 11 is 0. The van der Waals surface area contributed by atoms with Gasteiger partial charge in [-0.15, -0.1) is 0 Å². The van der Waals surface area contributed by atoms with E-state index in [1.54, 1.807) is 19.1 Å². The van der Waals surface area contributed by atoms with Crippen LogP contribution in [0.4, 0.5) is 0 Å². The van der Waals surface area contributed by atoms with Gasteiger partial charge in [0.15, 0.2) is 0 Å². The fourth-order valence-corrected chi connectivity index (χ4v) is 2.21. The van der Waals surface area contributed by atoms with Crippen molar-refractivity contribution in [1.82, 2.24) is 10.2 Å². The summed E-state index contributed by atoms with van der Waals surface area (Å²) in [5, 5.41) is 2.40. The van der Waals surface area contributed by atoms with Crippen LogP contribution in [0.1, 0.15) is 33.6 Å². The number of likely N-dealkylation sites (N-methyl/N-ethyl adjacent to an activating group) is 1. The number of methoxy groups -OCH3 is 1. The Morgan fingerprint density at radius 2 is 2.00 bits per heavy atom. The third-order valence-corrected chi connectivity index (χ3v) is 3.49. The van der Waals surface area contributed by atoms with Gasteiger partial charge in [0.25, 0.3) is 0 Å². The number of carbonyl (C=O) groups excluding carboxylic acids is 2. The summed E-state index contributed by atoms with van der Waals surface area (Å²) in [4.78, 5) is 23.9. The molecule has 0 aromatic heterocycles. The van der Waals surface area contributed by atoms with Crippen molar-refractivity contribution in [2.24, 2.45) is 5.92 Å². The minimum atomic E-state index is -0.0945. The first-order valence-corrected chi connectivity index (χ1v) is 6.48. The molecule has 0 rings (SSSR count). The van der Waals surface area contributed by atoms with Crippen LogP contribution in [0.5, 0.6) is 0 Å². The van der Waals surface area contributed by atoms with Crippen molar-refractivity contribution >= 4 is 12.3 Å². The van der Waals surface area contributed by atoms with Crippen molar-refractivity contribution in [3.05, 3.63) is 0 Å². The molecular weight excluding hydrogens is 232 g/mol. The minimum Gasteiger partial charge on any atom is -0.379 e. The smallest absolute Gasteiger partial charge is 0.242 e. The number of rotatable bonds is 9. The summed E-state index contributed by atoms with van der Waals surface area (Å²) in [7, 11) is 3.44. The standard InChI is InChI=1S/C13H26N2O3/c1-6-10(3)13(11(7-2)18-5)15(4)12(17)8-14-9-16/h9-11,13H,6-8H2,1-5H3,(H,14,16)/t10-,11+,13?/m0/s1. The van der Waals surface area contributed by atoms with Crippen LogP contribution in [-0.4, -0.2) is 50.1 Å². The van der Waals surface area contributed by atoms with Gasteiger partial charge in [-0.2, -0.15) is 0 Å². The highest BCUT2D eigenvalue weighted by Gasteiger charge is 2.31. The lowest BCUT2D eigenvalue weighted by Crippen LogP contribution is -2.51. The molecule has 18 heavy (non-hydrogen) atoms. The molecule has 1 N–H and O–H groups in total. The van der Waals surface area contributed by atoms with E-state index in [-0.39, 0.29) is 24.6 Å². The number of nitrogens with zero attached hydrogens (tertiary/aromatic N) is 1. The Balaban J connectivity index is 4.82. The van der Waals surface area contributed by atoms with Gasteiger partial charge in [0, 0.05) is 14.2 Å². The van der Waals surface area contributed by atoms with E-state index in [4.69, 9.17) is 4.74 Å². The lowest BCUT2D eigenvalue weighted by Gasteiger charge is -2.37. The van der Waals surface area contributed by atoms with E-state index in [0.29, 0.717) is 12.3 Å². The second-order valence-electron chi connectivity index (χ2n) is 4.56. The molecule has 0 aromatic carbocycles. The van der Waals surface area contributed by atoms with E-state index < -0.39 is 0 Å². The monoisotopic (exact) mass is 258 g/mol. The third kappa shape index (κ3) is 4.64. The Labute approximate surface area is 110 Å². The lowest BCUT2D eigenvalue weighted by molar-refractivity contribution is -0.136. The van der Waals surface area contributed by atoms with E-state index >= 15 is 0 Å². The predicted molar refractivity (Wildman–Crippen MR) is 71.2 cm³/mol. The van der Waals surface area contributed by atoms with E-state index in [0.717, 1.165) is 12.8 Å². The zero-order valence-electron chi connectivity index (χ0n) is 12.1. The Morgan fingerprint density at radius 1 is 1.39 bits per heavy atom. The highest BCUT2D eigenvalue weighted by atomic mass is 16.5. The van der Waals surface area contributed by atoms with Crippen LogP contribution in [-0.2, 0) is 14.3 Å².